The van der Waals surface area contributed by atoms with Crippen molar-refractivity contribution in [2.75, 3.05) is 13.1 Å². The van der Waals surface area contributed by atoms with Gasteiger partial charge in [0.1, 0.15) is 11.9 Å². The molecular formula is C15H16ClNO2. The maximum atomic E-state index is 12.1. The van der Waals surface area contributed by atoms with Crippen LogP contribution in [0.2, 0.25) is 5.02 Å². The van der Waals surface area contributed by atoms with E-state index in [1.165, 1.54) is 0 Å². The molecule has 1 aliphatic heterocycles. The number of carbonyl (C=O) groups excluding carboxylic acids is 1. The Bertz CT molecular complexity index is 501. The number of allylic oxidation sites excluding steroid dienone is 2. The summed E-state index contributed by atoms with van der Waals surface area (Å²) in [5.41, 5.74) is 0. The van der Waals surface area contributed by atoms with Gasteiger partial charge in [-0.25, -0.2) is 0 Å². The van der Waals surface area contributed by atoms with E-state index >= 15 is 0 Å². The van der Waals surface area contributed by atoms with Crippen molar-refractivity contribution in [1.82, 2.24) is 4.90 Å². The molecule has 1 amide bonds. The van der Waals surface area contributed by atoms with Crippen molar-refractivity contribution in [2.24, 2.45) is 5.92 Å². The van der Waals surface area contributed by atoms with Gasteiger partial charge >= 0.3 is 0 Å². The molecule has 100 valence electrons. The number of hydrogen-bond acceptors (Lipinski definition) is 2. The van der Waals surface area contributed by atoms with Crippen LogP contribution in [0.3, 0.4) is 0 Å². The highest BCUT2D eigenvalue weighted by molar-refractivity contribution is 6.30. The number of halogens is 1. The summed E-state index contributed by atoms with van der Waals surface area (Å²) < 4.78 is 5.78. The molecule has 0 aromatic heterocycles. The normalized spacial score (nSPS) is 19.5. The Kier molecular flexibility index (Phi) is 3.47. The first kappa shape index (κ1) is 12.5. The Hall–Kier alpha value is -1.48. The van der Waals surface area contributed by atoms with Crippen LogP contribution in [-0.4, -0.2) is 30.0 Å². The summed E-state index contributed by atoms with van der Waals surface area (Å²) in [6.07, 6.45) is 6.03. The highest BCUT2D eigenvalue weighted by atomic mass is 35.5. The van der Waals surface area contributed by atoms with E-state index in [-0.39, 0.29) is 17.9 Å². The topological polar surface area (TPSA) is 29.5 Å². The predicted molar refractivity (Wildman–Crippen MR) is 74.3 cm³/mol. The van der Waals surface area contributed by atoms with Crippen LogP contribution in [-0.2, 0) is 4.79 Å². The number of carbonyl (C=O) groups is 1. The van der Waals surface area contributed by atoms with Crippen LogP contribution in [0.5, 0.6) is 5.75 Å². The van der Waals surface area contributed by atoms with Gasteiger partial charge in [-0.05, 0) is 31.0 Å². The van der Waals surface area contributed by atoms with Gasteiger partial charge in [-0.2, -0.15) is 0 Å². The highest BCUT2D eigenvalue weighted by Gasteiger charge is 2.35. The average molecular weight is 278 g/mol. The van der Waals surface area contributed by atoms with E-state index in [1.807, 2.05) is 23.1 Å². The molecule has 0 unspecified atom stereocenters. The largest absolute Gasteiger partial charge is 0.487 e. The Morgan fingerprint density at radius 2 is 2.00 bits per heavy atom. The molecule has 0 spiro atoms. The molecule has 1 aromatic carbocycles. The van der Waals surface area contributed by atoms with Crippen molar-refractivity contribution in [3.05, 3.63) is 41.4 Å². The van der Waals surface area contributed by atoms with Gasteiger partial charge in [0.2, 0.25) is 5.91 Å². The molecule has 4 heteroatoms. The van der Waals surface area contributed by atoms with Gasteiger partial charge in [0.05, 0.1) is 13.1 Å². The molecule has 0 saturated carbocycles. The maximum Gasteiger partial charge on any atom is 0.226 e. The standard InChI is InChI=1S/C15H16ClNO2/c16-12-6-3-7-13(8-12)19-14-9-17(10-14)15(18)11-4-1-2-5-11/h1-3,6-8,11,14H,4-5,9-10H2. The minimum absolute atomic E-state index is 0.0942. The fourth-order valence-electron chi connectivity index (χ4n) is 2.50. The number of hydrogen-bond donors (Lipinski definition) is 0. The number of benzene rings is 1. The van der Waals surface area contributed by atoms with Crippen molar-refractivity contribution in [2.45, 2.75) is 18.9 Å². The Balaban J connectivity index is 1.49. The zero-order valence-corrected chi connectivity index (χ0v) is 11.3. The number of nitrogens with zero attached hydrogens (tertiary/aromatic N) is 1. The number of rotatable bonds is 3. The summed E-state index contributed by atoms with van der Waals surface area (Å²) in [4.78, 5) is 14.0. The van der Waals surface area contributed by atoms with Gasteiger partial charge < -0.3 is 9.64 Å². The fraction of sp³-hybridized carbons (Fsp3) is 0.400. The number of ether oxygens (including phenoxy) is 1. The lowest BCUT2D eigenvalue weighted by atomic mass is 10.0. The Morgan fingerprint density at radius 1 is 1.26 bits per heavy atom. The smallest absolute Gasteiger partial charge is 0.226 e. The lowest BCUT2D eigenvalue weighted by Gasteiger charge is -2.40. The molecule has 3 nitrogen and oxygen atoms in total. The van der Waals surface area contributed by atoms with Crippen LogP contribution >= 0.6 is 11.6 Å². The first-order valence-electron chi connectivity index (χ1n) is 6.58. The molecule has 1 aliphatic carbocycles. The van der Waals surface area contributed by atoms with Crippen molar-refractivity contribution < 1.29 is 9.53 Å². The zero-order chi connectivity index (χ0) is 13.2. The molecular weight excluding hydrogens is 262 g/mol. The average Bonchev–Trinajstić information content (AvgIpc) is 2.86. The molecule has 0 atom stereocenters. The number of likely N-dealkylation sites (tertiary alicyclic amines) is 1. The van der Waals surface area contributed by atoms with E-state index in [0.29, 0.717) is 18.1 Å². The van der Waals surface area contributed by atoms with Crippen LogP contribution in [0.1, 0.15) is 12.8 Å². The third kappa shape index (κ3) is 2.76. The first-order valence-corrected chi connectivity index (χ1v) is 6.96. The molecule has 19 heavy (non-hydrogen) atoms. The van der Waals surface area contributed by atoms with Crippen molar-refractivity contribution >= 4 is 17.5 Å². The summed E-state index contributed by atoms with van der Waals surface area (Å²) in [7, 11) is 0. The van der Waals surface area contributed by atoms with E-state index < -0.39 is 0 Å². The van der Waals surface area contributed by atoms with Crippen molar-refractivity contribution in [1.29, 1.82) is 0 Å². The summed E-state index contributed by atoms with van der Waals surface area (Å²) in [5, 5.41) is 0.668. The van der Waals surface area contributed by atoms with Crippen LogP contribution < -0.4 is 4.74 Å². The highest BCUT2D eigenvalue weighted by Crippen LogP contribution is 2.25. The van der Waals surface area contributed by atoms with Crippen LogP contribution in [0.15, 0.2) is 36.4 Å². The molecule has 0 bridgehead atoms. The van der Waals surface area contributed by atoms with Gasteiger partial charge in [0.15, 0.2) is 0 Å². The van der Waals surface area contributed by atoms with E-state index in [4.69, 9.17) is 16.3 Å². The SMILES string of the molecule is O=C(C1CC=CC1)N1CC(Oc2cccc(Cl)c2)C1. The van der Waals surface area contributed by atoms with Gasteiger partial charge in [-0.3, -0.25) is 4.79 Å². The summed E-state index contributed by atoms with van der Waals surface area (Å²) in [6, 6.07) is 7.37. The Morgan fingerprint density at radius 3 is 2.68 bits per heavy atom. The second-order valence-corrected chi connectivity index (χ2v) is 5.52. The van der Waals surface area contributed by atoms with E-state index in [9.17, 15) is 4.79 Å². The maximum absolute atomic E-state index is 12.1. The van der Waals surface area contributed by atoms with Gasteiger partial charge in [0, 0.05) is 10.9 Å². The predicted octanol–water partition coefficient (Wildman–Crippen LogP) is 2.90. The molecule has 3 rings (SSSR count). The van der Waals surface area contributed by atoms with Crippen LogP contribution in [0, 0.1) is 5.92 Å². The molecule has 1 fully saturated rings. The minimum atomic E-state index is 0.0942. The number of amides is 1. The molecule has 1 aromatic rings. The van der Waals surface area contributed by atoms with E-state index in [2.05, 4.69) is 12.2 Å². The fourth-order valence-corrected chi connectivity index (χ4v) is 2.68. The lowest BCUT2D eigenvalue weighted by molar-refractivity contribution is -0.144. The van der Waals surface area contributed by atoms with Crippen LogP contribution in [0.4, 0.5) is 0 Å². The third-order valence-corrected chi connectivity index (χ3v) is 3.85. The zero-order valence-electron chi connectivity index (χ0n) is 10.6. The lowest BCUT2D eigenvalue weighted by Crippen LogP contribution is -2.57. The molecule has 2 aliphatic rings. The molecule has 1 saturated heterocycles. The summed E-state index contributed by atoms with van der Waals surface area (Å²) in [6.45, 7) is 1.36. The van der Waals surface area contributed by atoms with Crippen LogP contribution in [0.25, 0.3) is 0 Å². The van der Waals surface area contributed by atoms with Gasteiger partial charge in [-0.15, -0.1) is 0 Å². The van der Waals surface area contributed by atoms with Gasteiger partial charge in [-0.1, -0.05) is 29.8 Å². The minimum Gasteiger partial charge on any atom is -0.487 e. The summed E-state index contributed by atoms with van der Waals surface area (Å²) in [5.74, 6) is 1.19. The first-order chi connectivity index (χ1) is 9.22. The monoisotopic (exact) mass is 277 g/mol. The van der Waals surface area contributed by atoms with Gasteiger partial charge in [0.25, 0.3) is 0 Å². The quantitative estimate of drug-likeness (QED) is 0.795. The van der Waals surface area contributed by atoms with Crippen molar-refractivity contribution in [3.63, 3.8) is 0 Å². The molecule has 0 radical (unpaired) electrons. The summed E-state index contributed by atoms with van der Waals surface area (Å²) >= 11 is 5.90. The van der Waals surface area contributed by atoms with E-state index in [1.54, 1.807) is 6.07 Å². The van der Waals surface area contributed by atoms with E-state index in [0.717, 1.165) is 18.6 Å². The molecule has 0 N–H and O–H groups in total. The van der Waals surface area contributed by atoms with Crippen molar-refractivity contribution in [3.8, 4) is 5.75 Å². The Labute approximate surface area is 117 Å². The third-order valence-electron chi connectivity index (χ3n) is 3.62. The second kappa shape index (κ2) is 5.25. The second-order valence-electron chi connectivity index (χ2n) is 5.08. The molecule has 1 heterocycles.